The number of rotatable bonds is 5. The van der Waals surface area contributed by atoms with Gasteiger partial charge in [-0.1, -0.05) is 13.3 Å². The fourth-order valence-electron chi connectivity index (χ4n) is 3.02. The Kier molecular flexibility index (Phi) is 4.11. The first-order chi connectivity index (χ1) is 12.8. The van der Waals surface area contributed by atoms with Gasteiger partial charge in [-0.25, -0.2) is 9.67 Å². The van der Waals surface area contributed by atoms with Gasteiger partial charge in [-0.3, -0.25) is 9.38 Å². The average molecular weight is 344 g/mol. The summed E-state index contributed by atoms with van der Waals surface area (Å²) < 4.78 is 3.68. The van der Waals surface area contributed by atoms with E-state index in [0.29, 0.717) is 17.8 Å². The zero-order valence-corrected chi connectivity index (χ0v) is 14.2. The maximum Gasteiger partial charge on any atom is 0.179 e. The first-order valence-electron chi connectivity index (χ1n) is 8.36. The lowest BCUT2D eigenvalue weighted by atomic mass is 10.1. The van der Waals surface area contributed by atoms with Crippen LogP contribution in [0.15, 0.2) is 43.1 Å². The summed E-state index contributed by atoms with van der Waals surface area (Å²) in [6.07, 6.45) is 9.25. The van der Waals surface area contributed by atoms with E-state index in [1.165, 1.54) is 0 Å². The van der Waals surface area contributed by atoms with Gasteiger partial charge < -0.3 is 0 Å². The highest BCUT2D eigenvalue weighted by Crippen LogP contribution is 2.18. The molecule has 0 aliphatic heterocycles. The third kappa shape index (κ3) is 2.69. The number of aromatic nitrogens is 7. The number of nitrogens with zero attached hydrogens (tertiary/aromatic N) is 8. The van der Waals surface area contributed by atoms with Gasteiger partial charge in [-0.2, -0.15) is 10.4 Å². The van der Waals surface area contributed by atoms with E-state index in [1.54, 1.807) is 41.7 Å². The molecule has 8 heteroatoms. The van der Waals surface area contributed by atoms with Gasteiger partial charge in [0.15, 0.2) is 11.5 Å². The van der Waals surface area contributed by atoms with Crippen LogP contribution in [0, 0.1) is 11.3 Å². The molecule has 0 amide bonds. The molecule has 0 saturated heterocycles. The second-order valence-electron chi connectivity index (χ2n) is 5.86. The molecule has 128 valence electrons. The lowest BCUT2D eigenvalue weighted by Crippen LogP contribution is -2.11. The fourth-order valence-corrected chi connectivity index (χ4v) is 3.02. The molecule has 0 unspecified atom stereocenters. The van der Waals surface area contributed by atoms with E-state index in [1.807, 2.05) is 10.5 Å². The maximum absolute atomic E-state index is 9.35. The van der Waals surface area contributed by atoms with E-state index in [0.717, 1.165) is 35.6 Å². The van der Waals surface area contributed by atoms with E-state index in [9.17, 15) is 5.26 Å². The topological polar surface area (TPSA) is 97.6 Å². The van der Waals surface area contributed by atoms with Crippen molar-refractivity contribution >= 4 is 5.65 Å². The number of hydrogen-bond acceptors (Lipinski definition) is 6. The lowest BCUT2D eigenvalue weighted by molar-refractivity contribution is 0.767. The van der Waals surface area contributed by atoms with E-state index in [-0.39, 0.29) is 0 Å². The van der Waals surface area contributed by atoms with E-state index >= 15 is 0 Å². The SMILES string of the molecule is CCCc1c(Cc2ccnn2-c2ncccc2C#N)ncc2nncn12. The smallest absolute Gasteiger partial charge is 0.179 e. The predicted octanol–water partition coefficient (Wildman–Crippen LogP) is 2.12. The molecule has 8 nitrogen and oxygen atoms in total. The molecule has 0 aliphatic rings. The highest BCUT2D eigenvalue weighted by atomic mass is 15.3. The number of fused-ring (bicyclic) bond motifs is 1. The summed E-state index contributed by atoms with van der Waals surface area (Å²) in [6, 6.07) is 7.56. The van der Waals surface area contributed by atoms with Crippen LogP contribution in [-0.2, 0) is 12.8 Å². The Bertz CT molecular complexity index is 1100. The van der Waals surface area contributed by atoms with Crippen molar-refractivity contribution in [3.63, 3.8) is 0 Å². The Morgan fingerprint density at radius 2 is 2.12 bits per heavy atom. The number of aryl methyl sites for hydroxylation is 1. The first-order valence-corrected chi connectivity index (χ1v) is 8.36. The minimum atomic E-state index is 0.480. The molecule has 0 radical (unpaired) electrons. The highest BCUT2D eigenvalue weighted by Gasteiger charge is 2.15. The van der Waals surface area contributed by atoms with Gasteiger partial charge >= 0.3 is 0 Å². The molecule has 4 aromatic heterocycles. The van der Waals surface area contributed by atoms with Crippen molar-refractivity contribution in [2.24, 2.45) is 0 Å². The molecule has 0 spiro atoms. The zero-order valence-electron chi connectivity index (χ0n) is 14.2. The van der Waals surface area contributed by atoms with E-state index in [2.05, 4.69) is 38.3 Å². The largest absolute Gasteiger partial charge is 0.283 e. The molecule has 0 fully saturated rings. The second-order valence-corrected chi connectivity index (χ2v) is 5.86. The highest BCUT2D eigenvalue weighted by molar-refractivity contribution is 5.44. The summed E-state index contributed by atoms with van der Waals surface area (Å²) in [5, 5.41) is 21.8. The van der Waals surface area contributed by atoms with Crippen LogP contribution in [0.2, 0.25) is 0 Å². The van der Waals surface area contributed by atoms with Crippen LogP contribution in [0.25, 0.3) is 11.5 Å². The van der Waals surface area contributed by atoms with Gasteiger partial charge in [0.05, 0.1) is 23.1 Å². The third-order valence-corrected chi connectivity index (χ3v) is 4.20. The van der Waals surface area contributed by atoms with Gasteiger partial charge in [0, 0.05) is 24.5 Å². The number of nitriles is 1. The molecule has 4 aromatic rings. The van der Waals surface area contributed by atoms with Crippen LogP contribution in [0.3, 0.4) is 0 Å². The molecule has 0 bridgehead atoms. The molecule has 0 atom stereocenters. The minimum absolute atomic E-state index is 0.480. The first kappa shape index (κ1) is 15.9. The van der Waals surface area contributed by atoms with Gasteiger partial charge in [-0.15, -0.1) is 10.2 Å². The van der Waals surface area contributed by atoms with Crippen molar-refractivity contribution in [1.82, 2.24) is 34.3 Å². The minimum Gasteiger partial charge on any atom is -0.283 e. The van der Waals surface area contributed by atoms with Gasteiger partial charge in [0.25, 0.3) is 0 Å². The molecule has 4 heterocycles. The molecule has 26 heavy (non-hydrogen) atoms. The zero-order chi connectivity index (χ0) is 17.9. The molecular weight excluding hydrogens is 328 g/mol. The summed E-state index contributed by atoms with van der Waals surface area (Å²) in [6.45, 7) is 2.13. The monoisotopic (exact) mass is 344 g/mol. The van der Waals surface area contributed by atoms with Crippen molar-refractivity contribution in [3.05, 3.63) is 65.8 Å². The van der Waals surface area contributed by atoms with Crippen molar-refractivity contribution in [2.75, 3.05) is 0 Å². The van der Waals surface area contributed by atoms with Crippen molar-refractivity contribution in [1.29, 1.82) is 5.26 Å². The van der Waals surface area contributed by atoms with Crippen LogP contribution in [-0.4, -0.2) is 34.3 Å². The lowest BCUT2D eigenvalue weighted by Gasteiger charge is -2.12. The van der Waals surface area contributed by atoms with Gasteiger partial charge in [-0.05, 0) is 24.6 Å². The van der Waals surface area contributed by atoms with Crippen molar-refractivity contribution in [2.45, 2.75) is 26.2 Å². The number of pyridine rings is 1. The van der Waals surface area contributed by atoms with Crippen LogP contribution < -0.4 is 0 Å². The number of hydrogen-bond donors (Lipinski definition) is 0. The van der Waals surface area contributed by atoms with Crippen LogP contribution in [0.5, 0.6) is 0 Å². The quantitative estimate of drug-likeness (QED) is 0.550. The molecule has 4 rings (SSSR count). The normalized spacial score (nSPS) is 10.9. The van der Waals surface area contributed by atoms with Crippen LogP contribution in [0.1, 0.15) is 36.0 Å². The molecule has 0 saturated carbocycles. The van der Waals surface area contributed by atoms with Gasteiger partial charge in [0.2, 0.25) is 0 Å². The Labute approximate surface area is 149 Å². The average Bonchev–Trinajstić information content (AvgIpc) is 3.33. The van der Waals surface area contributed by atoms with Crippen LogP contribution >= 0.6 is 0 Å². The fraction of sp³-hybridized carbons (Fsp3) is 0.222. The summed E-state index contributed by atoms with van der Waals surface area (Å²) in [5.74, 6) is 0.525. The Morgan fingerprint density at radius 3 is 2.96 bits per heavy atom. The van der Waals surface area contributed by atoms with E-state index < -0.39 is 0 Å². The second kappa shape index (κ2) is 6.72. The molecular formula is C18H16N8. The summed E-state index contributed by atoms with van der Waals surface area (Å²) in [5.41, 5.74) is 4.16. The van der Waals surface area contributed by atoms with Crippen LogP contribution in [0.4, 0.5) is 0 Å². The van der Waals surface area contributed by atoms with Gasteiger partial charge in [0.1, 0.15) is 12.4 Å². The summed E-state index contributed by atoms with van der Waals surface area (Å²) >= 11 is 0. The predicted molar refractivity (Wildman–Crippen MR) is 93.7 cm³/mol. The standard InChI is InChI=1S/C18H16N8/c1-2-4-16-15(21-11-17-24-22-12-25(16)17)9-14-6-8-23-26(14)18-13(10-19)5-3-7-20-18/h3,5-8,11-12H,2,4,9H2,1H3. The molecule has 0 aliphatic carbocycles. The Balaban J connectivity index is 1.78. The Morgan fingerprint density at radius 1 is 1.19 bits per heavy atom. The molecule has 0 N–H and O–H groups in total. The third-order valence-electron chi connectivity index (χ3n) is 4.20. The maximum atomic E-state index is 9.35. The Hall–Kier alpha value is -3.60. The van der Waals surface area contributed by atoms with Crippen molar-refractivity contribution < 1.29 is 0 Å². The van der Waals surface area contributed by atoms with Crippen molar-refractivity contribution in [3.8, 4) is 11.9 Å². The summed E-state index contributed by atoms with van der Waals surface area (Å²) in [4.78, 5) is 8.93. The molecule has 0 aromatic carbocycles. The summed E-state index contributed by atoms with van der Waals surface area (Å²) in [7, 11) is 0. The van der Waals surface area contributed by atoms with E-state index in [4.69, 9.17) is 0 Å².